The average Bonchev–Trinajstić information content (AvgIpc) is 2.64. The van der Waals surface area contributed by atoms with Crippen LogP contribution in [0.15, 0.2) is 36.4 Å². The number of hydrogen-bond acceptors (Lipinski definition) is 4. The molecule has 146 valence electrons. The number of nitrogens with one attached hydrogen (secondary N) is 1. The van der Waals surface area contributed by atoms with Crippen molar-refractivity contribution < 1.29 is 35.7 Å². The zero-order valence-corrected chi connectivity index (χ0v) is 19.7. The maximum absolute atomic E-state index is 12.7. The van der Waals surface area contributed by atoms with E-state index in [2.05, 4.69) is 27.9 Å². The first-order valence-corrected chi connectivity index (χ1v) is 13.0. The molecule has 2 aromatic rings. The van der Waals surface area contributed by atoms with E-state index in [1.807, 2.05) is 0 Å². The van der Waals surface area contributed by atoms with Gasteiger partial charge in [-0.3, -0.25) is 10.1 Å². The average molecular weight is 636 g/mol. The van der Waals surface area contributed by atoms with E-state index < -0.39 is 10.8 Å². The van der Waals surface area contributed by atoms with Gasteiger partial charge in [0.25, 0.3) is 0 Å². The number of benzene rings is 2. The molecule has 0 aliphatic heterocycles. The number of non-ortho nitro benzene ring substituents is 1. The van der Waals surface area contributed by atoms with Gasteiger partial charge in [0.2, 0.25) is 0 Å². The fourth-order valence-corrected chi connectivity index (χ4v) is 5.75. The Bertz CT molecular complexity index is 837. The standard InChI is InChI=1S/C17H15Cl2I2N2O4/c18-11-1-4-16(27-8-7-21-6-5-20)13(9-11)17(24)22-15-3-2-12(23(25)26)10-14(15)19/h1-4,9-10H,5-8H2,(H,22,24)/q-1. The number of amides is 1. The molecule has 0 heterocycles. The predicted octanol–water partition coefficient (Wildman–Crippen LogP) is 2.06. The van der Waals surface area contributed by atoms with E-state index in [0.29, 0.717) is 17.4 Å². The molecule has 1 amide bonds. The number of carbonyl (C=O) groups is 1. The van der Waals surface area contributed by atoms with Crippen LogP contribution in [0.5, 0.6) is 5.75 Å². The SMILES string of the molecule is O=C(Nc1ccc([N+](=O)[O-])cc1Cl)c1cc(Cl)ccc1OCC[I-]CCI. The third-order valence-electron chi connectivity index (χ3n) is 3.27. The van der Waals surface area contributed by atoms with Gasteiger partial charge in [0, 0.05) is 0 Å². The third kappa shape index (κ3) is 6.91. The van der Waals surface area contributed by atoms with Crippen molar-refractivity contribution in [2.45, 2.75) is 0 Å². The number of hydrogen-bond donors (Lipinski definition) is 1. The normalized spacial score (nSPS) is 10.6. The summed E-state index contributed by atoms with van der Waals surface area (Å²) in [7, 11) is 0. The van der Waals surface area contributed by atoms with Gasteiger partial charge in [0.15, 0.2) is 0 Å². The molecule has 0 aromatic heterocycles. The van der Waals surface area contributed by atoms with Crippen LogP contribution in [0.25, 0.3) is 0 Å². The number of carbonyl (C=O) groups excluding carboxylic acids is 1. The second kappa shape index (κ2) is 11.2. The van der Waals surface area contributed by atoms with Gasteiger partial charge in [0.05, 0.1) is 0 Å². The van der Waals surface area contributed by atoms with Crippen molar-refractivity contribution in [1.29, 1.82) is 0 Å². The van der Waals surface area contributed by atoms with Crippen molar-refractivity contribution in [3.63, 3.8) is 0 Å². The molecule has 0 spiro atoms. The first kappa shape index (κ1) is 22.4. The molecule has 0 fully saturated rings. The van der Waals surface area contributed by atoms with E-state index in [1.54, 1.807) is 12.1 Å². The number of nitro benzene ring substituents is 1. The van der Waals surface area contributed by atoms with Gasteiger partial charge in [-0.15, -0.1) is 0 Å². The monoisotopic (exact) mass is 635 g/mol. The van der Waals surface area contributed by atoms with Gasteiger partial charge in [-0.2, -0.15) is 0 Å². The molecule has 0 aliphatic rings. The number of anilines is 1. The summed E-state index contributed by atoms with van der Waals surface area (Å²) in [5.41, 5.74) is 0.398. The van der Waals surface area contributed by atoms with Gasteiger partial charge >= 0.3 is 182 Å². The van der Waals surface area contributed by atoms with Crippen LogP contribution >= 0.6 is 45.8 Å². The summed E-state index contributed by atoms with van der Waals surface area (Å²) in [5.74, 6) is -0.0152. The quantitative estimate of drug-likeness (QED) is 0.150. The summed E-state index contributed by atoms with van der Waals surface area (Å²) >= 11 is 14.5. The molecule has 2 aromatic carbocycles. The van der Waals surface area contributed by atoms with Gasteiger partial charge in [-0.05, 0) is 0 Å². The van der Waals surface area contributed by atoms with E-state index >= 15 is 0 Å². The molecule has 0 radical (unpaired) electrons. The van der Waals surface area contributed by atoms with E-state index in [4.69, 9.17) is 27.9 Å². The van der Waals surface area contributed by atoms with Gasteiger partial charge in [-0.1, -0.05) is 0 Å². The van der Waals surface area contributed by atoms with E-state index in [1.165, 1.54) is 28.7 Å². The molecular formula is C17H15Cl2I2N2O4-. The van der Waals surface area contributed by atoms with Crippen LogP contribution in [0.4, 0.5) is 11.4 Å². The maximum atomic E-state index is 12.7. The molecular weight excluding hydrogens is 621 g/mol. The minimum atomic E-state index is -0.554. The predicted molar refractivity (Wildman–Crippen MR) is 112 cm³/mol. The van der Waals surface area contributed by atoms with Gasteiger partial charge in [0.1, 0.15) is 0 Å². The zero-order valence-electron chi connectivity index (χ0n) is 13.9. The Kier molecular flexibility index (Phi) is 9.33. The van der Waals surface area contributed by atoms with Crippen molar-refractivity contribution in [3.8, 4) is 5.75 Å². The Hall–Kier alpha value is -0.850. The fourth-order valence-electron chi connectivity index (χ4n) is 2.06. The fraction of sp³-hybridized carbons (Fsp3) is 0.235. The summed E-state index contributed by atoms with van der Waals surface area (Å²) in [6.45, 7) is 0.546. The second-order valence-corrected chi connectivity index (χ2v) is 10.3. The summed E-state index contributed by atoms with van der Waals surface area (Å²) in [6, 6.07) is 8.68. The molecule has 1 N–H and O–H groups in total. The minimum absolute atomic E-state index is 0.0746. The van der Waals surface area contributed by atoms with Crippen LogP contribution in [-0.4, -0.2) is 30.7 Å². The van der Waals surface area contributed by atoms with Crippen molar-refractivity contribution in [1.82, 2.24) is 0 Å². The molecule has 10 heteroatoms. The number of halogens is 4. The first-order chi connectivity index (χ1) is 12.9. The van der Waals surface area contributed by atoms with Crippen LogP contribution in [-0.2, 0) is 0 Å². The Morgan fingerprint density at radius 2 is 2.00 bits per heavy atom. The van der Waals surface area contributed by atoms with Crippen LogP contribution < -0.4 is 31.3 Å². The summed E-state index contributed by atoms with van der Waals surface area (Å²) in [6.07, 6.45) is 0. The molecule has 0 unspecified atom stereocenters. The third-order valence-corrected chi connectivity index (χ3v) is 8.93. The summed E-state index contributed by atoms with van der Waals surface area (Å²) in [4.78, 5) is 22.9. The number of ether oxygens (including phenoxy) is 1. The molecule has 0 saturated carbocycles. The van der Waals surface area contributed by atoms with Crippen LogP contribution in [0.2, 0.25) is 10.0 Å². The van der Waals surface area contributed by atoms with E-state index in [0.717, 1.165) is 8.86 Å². The first-order valence-electron chi connectivity index (χ1n) is 7.69. The molecule has 0 bridgehead atoms. The Balaban J connectivity index is 2.13. The number of alkyl halides is 3. The molecule has 6 nitrogen and oxygen atoms in total. The topological polar surface area (TPSA) is 81.5 Å². The Morgan fingerprint density at radius 3 is 2.67 bits per heavy atom. The van der Waals surface area contributed by atoms with Crippen LogP contribution in [0.3, 0.4) is 0 Å². The number of nitrogens with zero attached hydrogens (tertiary/aromatic N) is 1. The molecule has 0 atom stereocenters. The van der Waals surface area contributed by atoms with Crippen LogP contribution in [0.1, 0.15) is 10.4 Å². The van der Waals surface area contributed by atoms with Crippen molar-refractivity contribution in [2.75, 3.05) is 25.2 Å². The molecule has 0 aliphatic carbocycles. The van der Waals surface area contributed by atoms with Crippen LogP contribution in [0, 0.1) is 10.1 Å². The summed E-state index contributed by atoms with van der Waals surface area (Å²) in [5, 5.41) is 13.9. The number of rotatable bonds is 9. The van der Waals surface area contributed by atoms with Crippen molar-refractivity contribution >= 4 is 63.1 Å². The van der Waals surface area contributed by atoms with Gasteiger partial charge < -0.3 is 0 Å². The Labute approximate surface area is 190 Å². The van der Waals surface area contributed by atoms with Crippen molar-refractivity contribution in [3.05, 3.63) is 62.1 Å². The summed E-state index contributed by atoms with van der Waals surface area (Å²) < 4.78 is 9.14. The number of nitro groups is 1. The van der Waals surface area contributed by atoms with Crippen molar-refractivity contribution in [2.24, 2.45) is 0 Å². The molecule has 2 rings (SSSR count). The molecule has 0 saturated heterocycles. The van der Waals surface area contributed by atoms with Gasteiger partial charge in [-0.25, -0.2) is 0 Å². The Morgan fingerprint density at radius 1 is 1.22 bits per heavy atom. The zero-order chi connectivity index (χ0) is 19.8. The second-order valence-electron chi connectivity index (χ2n) is 5.12. The van der Waals surface area contributed by atoms with E-state index in [-0.39, 0.29) is 43.2 Å². The molecule has 27 heavy (non-hydrogen) atoms. The van der Waals surface area contributed by atoms with E-state index in [9.17, 15) is 14.9 Å².